The van der Waals surface area contributed by atoms with Gasteiger partial charge in [-0.25, -0.2) is 9.78 Å². The van der Waals surface area contributed by atoms with Crippen molar-refractivity contribution in [1.82, 2.24) is 25.4 Å². The summed E-state index contributed by atoms with van der Waals surface area (Å²) in [6.07, 6.45) is 6.46. The van der Waals surface area contributed by atoms with Gasteiger partial charge in [-0.1, -0.05) is 35.9 Å². The summed E-state index contributed by atoms with van der Waals surface area (Å²) < 4.78 is 1.77. The first-order valence-electron chi connectivity index (χ1n) is 10.3. The number of hydrogen-bond donors (Lipinski definition) is 3. The van der Waals surface area contributed by atoms with Crippen LogP contribution >= 0.6 is 11.6 Å². The molecule has 2 aromatic heterocycles. The van der Waals surface area contributed by atoms with Gasteiger partial charge in [-0.05, 0) is 24.0 Å². The van der Waals surface area contributed by atoms with E-state index in [-0.39, 0.29) is 11.7 Å². The number of carbonyl (C=O) groups excluding carboxylic acids is 2. The molecule has 9 nitrogen and oxygen atoms in total. The number of amides is 3. The molecule has 2 aliphatic heterocycles. The van der Waals surface area contributed by atoms with Crippen LogP contribution in [-0.4, -0.2) is 45.3 Å². The van der Waals surface area contributed by atoms with Gasteiger partial charge in [0.15, 0.2) is 0 Å². The highest BCUT2D eigenvalue weighted by Crippen LogP contribution is 2.41. The molecule has 2 aliphatic rings. The van der Waals surface area contributed by atoms with Crippen LogP contribution < -0.4 is 21.3 Å². The number of urea groups is 1. The highest BCUT2D eigenvalue weighted by Gasteiger charge is 2.48. The van der Waals surface area contributed by atoms with Crippen molar-refractivity contribution >= 4 is 35.0 Å². The van der Waals surface area contributed by atoms with Crippen molar-refractivity contribution in [3.8, 4) is 22.3 Å². The van der Waals surface area contributed by atoms with E-state index in [0.29, 0.717) is 31.0 Å². The van der Waals surface area contributed by atoms with Crippen molar-refractivity contribution in [1.29, 1.82) is 0 Å². The molecule has 4 heterocycles. The van der Waals surface area contributed by atoms with Gasteiger partial charge in [0.1, 0.15) is 16.4 Å². The van der Waals surface area contributed by atoms with Crippen molar-refractivity contribution < 1.29 is 9.59 Å². The first-order valence-corrected chi connectivity index (χ1v) is 10.7. The molecule has 3 aromatic rings. The van der Waals surface area contributed by atoms with E-state index in [2.05, 4.69) is 25.6 Å². The molecule has 32 heavy (non-hydrogen) atoms. The Hall–Kier alpha value is -3.59. The zero-order valence-corrected chi connectivity index (χ0v) is 18.2. The van der Waals surface area contributed by atoms with E-state index in [4.69, 9.17) is 17.3 Å². The molecule has 0 bridgehead atoms. The molecule has 2 fully saturated rings. The Kier molecular flexibility index (Phi) is 4.78. The summed E-state index contributed by atoms with van der Waals surface area (Å²) in [6, 6.07) is 7.66. The van der Waals surface area contributed by atoms with Gasteiger partial charge in [0.25, 0.3) is 5.91 Å². The third kappa shape index (κ3) is 3.34. The molecule has 0 atom stereocenters. The van der Waals surface area contributed by atoms with Crippen LogP contribution in [0.25, 0.3) is 22.3 Å². The van der Waals surface area contributed by atoms with Crippen molar-refractivity contribution in [3.63, 3.8) is 0 Å². The summed E-state index contributed by atoms with van der Waals surface area (Å²) in [6.45, 7) is 1.08. The lowest BCUT2D eigenvalue weighted by Gasteiger charge is -2.39. The average Bonchev–Trinajstić information content (AvgIpc) is 3.33. The van der Waals surface area contributed by atoms with Gasteiger partial charge in [-0.2, -0.15) is 5.10 Å². The number of anilines is 2. The standard InChI is InChI=1S/C22H22ClN7O2/c1-29-12-15(10-26-29)13-2-4-14(5-3-13)16-11-25-19(24)17(23)18(16)30-8-6-22(7-9-30)20(31)27-21(32)28-22/h2-5,10-12H,6-9H2,1H3,(H2,24,25)(H2,27,28,31,32). The van der Waals surface area contributed by atoms with Crippen LogP contribution in [-0.2, 0) is 11.8 Å². The molecule has 10 heteroatoms. The fourth-order valence-corrected chi connectivity index (χ4v) is 4.69. The molecule has 4 N–H and O–H groups in total. The van der Waals surface area contributed by atoms with Gasteiger partial charge in [0, 0.05) is 43.7 Å². The Bertz CT molecular complexity index is 1210. The summed E-state index contributed by atoms with van der Waals surface area (Å²) in [5, 5.41) is 9.73. The van der Waals surface area contributed by atoms with Crippen molar-refractivity contribution in [2.24, 2.45) is 7.05 Å². The monoisotopic (exact) mass is 451 g/mol. The fourth-order valence-electron chi connectivity index (χ4n) is 4.42. The topological polar surface area (TPSA) is 118 Å². The van der Waals surface area contributed by atoms with Crippen LogP contribution in [0.1, 0.15) is 12.8 Å². The second kappa shape index (κ2) is 7.52. The van der Waals surface area contributed by atoms with Crippen LogP contribution in [0.15, 0.2) is 42.9 Å². The summed E-state index contributed by atoms with van der Waals surface area (Å²) in [4.78, 5) is 30.3. The minimum Gasteiger partial charge on any atom is -0.382 e. The van der Waals surface area contributed by atoms with E-state index < -0.39 is 11.6 Å². The van der Waals surface area contributed by atoms with E-state index >= 15 is 0 Å². The van der Waals surface area contributed by atoms with E-state index in [1.807, 2.05) is 43.7 Å². The maximum absolute atomic E-state index is 12.3. The predicted octanol–water partition coefficient (Wildman–Crippen LogP) is 2.56. The highest BCUT2D eigenvalue weighted by molar-refractivity contribution is 6.36. The van der Waals surface area contributed by atoms with Crippen LogP contribution in [0.3, 0.4) is 0 Å². The van der Waals surface area contributed by atoms with Crippen LogP contribution in [0.5, 0.6) is 0 Å². The molecule has 0 aliphatic carbocycles. The summed E-state index contributed by atoms with van der Waals surface area (Å²) in [5.74, 6) is -0.0155. The van der Waals surface area contributed by atoms with Crippen molar-refractivity contribution in [2.75, 3.05) is 23.7 Å². The molecule has 3 amide bonds. The number of carbonyl (C=O) groups is 2. The number of rotatable bonds is 3. The average molecular weight is 452 g/mol. The Morgan fingerprint density at radius 2 is 1.75 bits per heavy atom. The lowest BCUT2D eigenvalue weighted by Crippen LogP contribution is -2.55. The Morgan fingerprint density at radius 3 is 2.34 bits per heavy atom. The zero-order chi connectivity index (χ0) is 22.5. The van der Waals surface area contributed by atoms with Gasteiger partial charge in [-0.15, -0.1) is 0 Å². The number of piperidine rings is 1. The number of hydrogen-bond acceptors (Lipinski definition) is 6. The number of nitrogens with two attached hydrogens (primary N) is 1. The number of benzene rings is 1. The third-order valence-corrected chi connectivity index (χ3v) is 6.58. The number of nitrogens with zero attached hydrogens (tertiary/aromatic N) is 4. The number of imide groups is 1. The zero-order valence-electron chi connectivity index (χ0n) is 17.4. The Labute approximate surface area is 189 Å². The number of aromatic nitrogens is 3. The second-order valence-corrected chi connectivity index (χ2v) is 8.56. The van der Waals surface area contributed by atoms with Gasteiger partial charge in [0.05, 0.1) is 11.9 Å². The largest absolute Gasteiger partial charge is 0.382 e. The fraction of sp³-hybridized carbons (Fsp3) is 0.273. The minimum absolute atomic E-state index is 0.254. The summed E-state index contributed by atoms with van der Waals surface area (Å²) in [7, 11) is 1.88. The SMILES string of the molecule is Cn1cc(-c2ccc(-c3cnc(N)c(Cl)c3N3CCC4(CC3)NC(=O)NC4=O)cc2)cn1. The van der Waals surface area contributed by atoms with Gasteiger partial charge < -0.3 is 16.0 Å². The smallest absolute Gasteiger partial charge is 0.322 e. The van der Waals surface area contributed by atoms with E-state index in [1.165, 1.54) is 0 Å². The molecule has 164 valence electrons. The third-order valence-electron chi connectivity index (χ3n) is 6.20. The lowest BCUT2D eigenvalue weighted by molar-refractivity contribution is -0.124. The van der Waals surface area contributed by atoms with Crippen molar-refractivity contribution in [2.45, 2.75) is 18.4 Å². The van der Waals surface area contributed by atoms with E-state index in [1.54, 1.807) is 10.9 Å². The minimum atomic E-state index is -0.857. The summed E-state index contributed by atoms with van der Waals surface area (Å²) in [5.41, 5.74) is 9.86. The number of pyridine rings is 1. The normalized spacial score (nSPS) is 17.5. The Morgan fingerprint density at radius 1 is 1.06 bits per heavy atom. The maximum atomic E-state index is 12.3. The van der Waals surface area contributed by atoms with Crippen LogP contribution in [0, 0.1) is 0 Å². The van der Waals surface area contributed by atoms with Gasteiger partial charge >= 0.3 is 6.03 Å². The van der Waals surface area contributed by atoms with E-state index in [0.717, 1.165) is 27.9 Å². The summed E-state index contributed by atoms with van der Waals surface area (Å²) >= 11 is 6.63. The number of halogens is 1. The highest BCUT2D eigenvalue weighted by atomic mass is 35.5. The molecule has 1 spiro atoms. The van der Waals surface area contributed by atoms with E-state index in [9.17, 15) is 9.59 Å². The molecule has 0 radical (unpaired) electrons. The molecule has 2 saturated heterocycles. The Balaban J connectivity index is 1.46. The molecule has 1 aromatic carbocycles. The van der Waals surface area contributed by atoms with Crippen molar-refractivity contribution in [3.05, 3.63) is 47.9 Å². The number of aryl methyl sites for hydroxylation is 1. The maximum Gasteiger partial charge on any atom is 0.322 e. The molecule has 5 rings (SSSR count). The van der Waals surface area contributed by atoms with Gasteiger partial charge in [-0.3, -0.25) is 14.8 Å². The second-order valence-electron chi connectivity index (χ2n) is 8.18. The molecular weight excluding hydrogens is 430 g/mol. The molecule has 0 saturated carbocycles. The first-order chi connectivity index (χ1) is 15.4. The quantitative estimate of drug-likeness (QED) is 0.527. The number of nitrogen functional groups attached to an aromatic ring is 1. The van der Waals surface area contributed by atoms with Gasteiger partial charge in [0.2, 0.25) is 0 Å². The van der Waals surface area contributed by atoms with Crippen LogP contribution in [0.2, 0.25) is 5.02 Å². The lowest BCUT2D eigenvalue weighted by atomic mass is 9.87. The number of nitrogens with one attached hydrogen (secondary N) is 2. The van der Waals surface area contributed by atoms with Crippen LogP contribution in [0.4, 0.5) is 16.3 Å². The molecular formula is C22H22ClN7O2. The molecule has 0 unspecified atom stereocenters. The predicted molar refractivity (Wildman–Crippen MR) is 122 cm³/mol. The first kappa shape index (κ1) is 20.3.